The molecule has 94 valence electrons. The van der Waals surface area contributed by atoms with Gasteiger partial charge in [-0.05, 0) is 57.3 Å². The molecule has 3 heteroatoms. The van der Waals surface area contributed by atoms with Gasteiger partial charge in [-0.15, -0.1) is 0 Å². The summed E-state index contributed by atoms with van der Waals surface area (Å²) >= 11 is 0. The van der Waals surface area contributed by atoms with Crippen LogP contribution in [-0.4, -0.2) is 55.6 Å². The fourth-order valence-corrected chi connectivity index (χ4v) is 3.02. The zero-order valence-corrected chi connectivity index (χ0v) is 10.7. The van der Waals surface area contributed by atoms with Crippen molar-refractivity contribution >= 4 is 0 Å². The van der Waals surface area contributed by atoms with Crippen LogP contribution in [0.5, 0.6) is 0 Å². The Morgan fingerprint density at radius 3 is 2.44 bits per heavy atom. The standard InChI is InChI=1S/C13H27N3/c1-12-4-7-16(11-13(12)10-14)9-8-15-5-2-3-6-15/h12-13H,2-11,14H2,1H3. The van der Waals surface area contributed by atoms with Crippen LogP contribution in [0, 0.1) is 11.8 Å². The van der Waals surface area contributed by atoms with E-state index in [0.29, 0.717) is 0 Å². The summed E-state index contributed by atoms with van der Waals surface area (Å²) in [5.74, 6) is 1.56. The van der Waals surface area contributed by atoms with E-state index in [9.17, 15) is 0 Å². The molecule has 2 saturated heterocycles. The zero-order valence-electron chi connectivity index (χ0n) is 10.7. The lowest BCUT2D eigenvalue weighted by Gasteiger charge is -2.37. The van der Waals surface area contributed by atoms with Gasteiger partial charge in [0, 0.05) is 19.6 Å². The normalized spacial score (nSPS) is 33.4. The van der Waals surface area contributed by atoms with Gasteiger partial charge in [-0.2, -0.15) is 0 Å². The average Bonchev–Trinajstić information content (AvgIpc) is 2.81. The minimum atomic E-state index is 0.729. The molecule has 0 spiro atoms. The molecular formula is C13H27N3. The van der Waals surface area contributed by atoms with Crippen molar-refractivity contribution in [3.8, 4) is 0 Å². The predicted octanol–water partition coefficient (Wildman–Crippen LogP) is 0.999. The third kappa shape index (κ3) is 3.19. The van der Waals surface area contributed by atoms with Crippen LogP contribution in [0.15, 0.2) is 0 Å². The highest BCUT2D eigenvalue weighted by Crippen LogP contribution is 2.22. The molecular weight excluding hydrogens is 198 g/mol. The quantitative estimate of drug-likeness (QED) is 0.775. The molecule has 2 fully saturated rings. The second kappa shape index (κ2) is 5.99. The summed E-state index contributed by atoms with van der Waals surface area (Å²) in [4.78, 5) is 5.23. The molecule has 3 nitrogen and oxygen atoms in total. The molecule has 0 aromatic rings. The van der Waals surface area contributed by atoms with Crippen LogP contribution >= 0.6 is 0 Å². The molecule has 0 saturated carbocycles. The van der Waals surface area contributed by atoms with Crippen molar-refractivity contribution in [2.75, 3.05) is 45.8 Å². The fourth-order valence-electron chi connectivity index (χ4n) is 3.02. The molecule has 2 rings (SSSR count). The monoisotopic (exact) mass is 225 g/mol. The van der Waals surface area contributed by atoms with Crippen LogP contribution in [0.25, 0.3) is 0 Å². The second-order valence-electron chi connectivity index (χ2n) is 5.61. The number of likely N-dealkylation sites (tertiary alicyclic amines) is 2. The van der Waals surface area contributed by atoms with E-state index in [1.54, 1.807) is 0 Å². The number of rotatable bonds is 4. The third-order valence-electron chi connectivity index (χ3n) is 4.43. The van der Waals surface area contributed by atoms with Crippen molar-refractivity contribution in [1.82, 2.24) is 9.80 Å². The Morgan fingerprint density at radius 2 is 1.75 bits per heavy atom. The summed E-state index contributed by atoms with van der Waals surface area (Å²) < 4.78 is 0. The van der Waals surface area contributed by atoms with Crippen LogP contribution in [0.1, 0.15) is 26.2 Å². The van der Waals surface area contributed by atoms with Crippen molar-refractivity contribution in [1.29, 1.82) is 0 Å². The highest BCUT2D eigenvalue weighted by molar-refractivity contribution is 4.79. The number of piperidine rings is 1. The summed E-state index contributed by atoms with van der Waals surface area (Å²) in [5, 5.41) is 0. The minimum Gasteiger partial charge on any atom is -0.330 e. The number of hydrogen-bond acceptors (Lipinski definition) is 3. The SMILES string of the molecule is CC1CCN(CCN2CCCC2)CC1CN. The summed E-state index contributed by atoms with van der Waals surface area (Å²) in [6.45, 7) is 10.9. The van der Waals surface area contributed by atoms with E-state index in [0.717, 1.165) is 18.4 Å². The molecule has 16 heavy (non-hydrogen) atoms. The van der Waals surface area contributed by atoms with Crippen LogP contribution in [0.3, 0.4) is 0 Å². The first-order chi connectivity index (χ1) is 7.79. The van der Waals surface area contributed by atoms with Crippen molar-refractivity contribution < 1.29 is 0 Å². The number of nitrogens with two attached hydrogens (primary N) is 1. The third-order valence-corrected chi connectivity index (χ3v) is 4.43. The van der Waals surface area contributed by atoms with Gasteiger partial charge in [0.1, 0.15) is 0 Å². The maximum absolute atomic E-state index is 5.84. The molecule has 2 unspecified atom stereocenters. The van der Waals surface area contributed by atoms with E-state index in [-0.39, 0.29) is 0 Å². The van der Waals surface area contributed by atoms with E-state index in [4.69, 9.17) is 5.73 Å². The highest BCUT2D eigenvalue weighted by atomic mass is 15.2. The molecule has 2 N–H and O–H groups in total. The second-order valence-corrected chi connectivity index (χ2v) is 5.61. The molecule has 0 amide bonds. The van der Waals surface area contributed by atoms with Gasteiger partial charge in [0.25, 0.3) is 0 Å². The first-order valence-corrected chi connectivity index (χ1v) is 6.94. The van der Waals surface area contributed by atoms with Crippen molar-refractivity contribution in [3.63, 3.8) is 0 Å². The largest absolute Gasteiger partial charge is 0.330 e. The molecule has 0 aromatic heterocycles. The van der Waals surface area contributed by atoms with Crippen molar-refractivity contribution in [2.24, 2.45) is 17.6 Å². The van der Waals surface area contributed by atoms with Gasteiger partial charge in [-0.25, -0.2) is 0 Å². The summed E-state index contributed by atoms with van der Waals surface area (Å²) in [6, 6.07) is 0. The summed E-state index contributed by atoms with van der Waals surface area (Å²) in [7, 11) is 0. The number of hydrogen-bond donors (Lipinski definition) is 1. The minimum absolute atomic E-state index is 0.729. The molecule has 2 aliphatic heterocycles. The summed E-state index contributed by atoms with van der Waals surface area (Å²) in [5.41, 5.74) is 5.84. The van der Waals surface area contributed by atoms with Gasteiger partial charge in [-0.3, -0.25) is 0 Å². The van der Waals surface area contributed by atoms with Crippen LogP contribution in [-0.2, 0) is 0 Å². The van der Waals surface area contributed by atoms with E-state index in [2.05, 4.69) is 16.7 Å². The zero-order chi connectivity index (χ0) is 11.4. The molecule has 0 aromatic carbocycles. The van der Waals surface area contributed by atoms with Crippen LogP contribution in [0.4, 0.5) is 0 Å². The molecule has 2 atom stereocenters. The van der Waals surface area contributed by atoms with E-state index in [1.807, 2.05) is 0 Å². The number of nitrogens with zero attached hydrogens (tertiary/aromatic N) is 2. The van der Waals surface area contributed by atoms with Gasteiger partial charge in [0.2, 0.25) is 0 Å². The molecule has 2 heterocycles. The van der Waals surface area contributed by atoms with E-state index in [1.165, 1.54) is 58.5 Å². The Labute approximate surface area is 100.0 Å². The lowest BCUT2D eigenvalue weighted by atomic mass is 9.87. The lowest BCUT2D eigenvalue weighted by Crippen LogP contribution is -2.45. The average molecular weight is 225 g/mol. The molecule has 0 aliphatic carbocycles. The van der Waals surface area contributed by atoms with Crippen molar-refractivity contribution in [3.05, 3.63) is 0 Å². The lowest BCUT2D eigenvalue weighted by molar-refractivity contribution is 0.121. The Balaban J connectivity index is 1.69. The molecule has 0 radical (unpaired) electrons. The fraction of sp³-hybridized carbons (Fsp3) is 1.00. The maximum atomic E-state index is 5.84. The maximum Gasteiger partial charge on any atom is 0.0109 e. The molecule has 0 bridgehead atoms. The van der Waals surface area contributed by atoms with Gasteiger partial charge in [0.15, 0.2) is 0 Å². The van der Waals surface area contributed by atoms with Gasteiger partial charge < -0.3 is 15.5 Å². The topological polar surface area (TPSA) is 32.5 Å². The smallest absolute Gasteiger partial charge is 0.0109 e. The Kier molecular flexibility index (Phi) is 4.62. The van der Waals surface area contributed by atoms with Crippen LogP contribution < -0.4 is 5.73 Å². The first kappa shape index (κ1) is 12.3. The summed E-state index contributed by atoms with van der Waals surface area (Å²) in [6.07, 6.45) is 4.15. The molecule has 2 aliphatic rings. The van der Waals surface area contributed by atoms with Crippen LogP contribution in [0.2, 0.25) is 0 Å². The predicted molar refractivity (Wildman–Crippen MR) is 68.4 cm³/mol. The first-order valence-electron chi connectivity index (χ1n) is 6.94. The van der Waals surface area contributed by atoms with E-state index >= 15 is 0 Å². The van der Waals surface area contributed by atoms with Gasteiger partial charge >= 0.3 is 0 Å². The Hall–Kier alpha value is -0.120. The van der Waals surface area contributed by atoms with Crippen molar-refractivity contribution in [2.45, 2.75) is 26.2 Å². The van der Waals surface area contributed by atoms with Gasteiger partial charge in [-0.1, -0.05) is 6.92 Å². The Morgan fingerprint density at radius 1 is 1.06 bits per heavy atom. The Bertz CT molecular complexity index is 201. The van der Waals surface area contributed by atoms with E-state index < -0.39 is 0 Å². The van der Waals surface area contributed by atoms with Gasteiger partial charge in [0.05, 0.1) is 0 Å². The highest BCUT2D eigenvalue weighted by Gasteiger charge is 2.25.